The highest BCUT2D eigenvalue weighted by atomic mass is 19.1. The van der Waals surface area contributed by atoms with Crippen molar-refractivity contribution in [2.45, 2.75) is 0 Å². The predicted molar refractivity (Wildman–Crippen MR) is 70.7 cm³/mol. The van der Waals surface area contributed by atoms with E-state index in [1.807, 2.05) is 0 Å². The maximum atomic E-state index is 13.3. The van der Waals surface area contributed by atoms with Crippen LogP contribution in [0.2, 0.25) is 0 Å². The number of carbonyl (C=O) groups is 3. The van der Waals surface area contributed by atoms with Crippen LogP contribution in [0, 0.1) is 5.82 Å². The summed E-state index contributed by atoms with van der Waals surface area (Å²) in [6, 6.07) is 3.24. The molecule has 0 atom stereocenters. The number of halogens is 1. The fraction of sp³-hybridized carbons (Fsp3) is 0.308. The molecule has 1 aromatic rings. The lowest BCUT2D eigenvalue weighted by atomic mass is 10.1. The third kappa shape index (κ3) is 4.75. The molecule has 1 amide bonds. The Labute approximate surface area is 120 Å². The SMILES string of the molecule is COC(=O)CN(CC(=O)OC)C(=O)c1cc(N)cc(F)c1. The van der Waals surface area contributed by atoms with Crippen molar-refractivity contribution < 1.29 is 28.2 Å². The van der Waals surface area contributed by atoms with Crippen LogP contribution in [-0.4, -0.2) is 50.1 Å². The smallest absolute Gasteiger partial charge is 0.325 e. The molecule has 0 radical (unpaired) electrons. The zero-order valence-corrected chi connectivity index (χ0v) is 11.6. The van der Waals surface area contributed by atoms with Gasteiger partial charge in [0.2, 0.25) is 0 Å². The van der Waals surface area contributed by atoms with Crippen LogP contribution in [0.25, 0.3) is 0 Å². The molecule has 1 aromatic carbocycles. The van der Waals surface area contributed by atoms with E-state index >= 15 is 0 Å². The van der Waals surface area contributed by atoms with Crippen molar-refractivity contribution in [2.24, 2.45) is 0 Å². The van der Waals surface area contributed by atoms with Crippen LogP contribution < -0.4 is 5.73 Å². The Morgan fingerprint density at radius 2 is 1.62 bits per heavy atom. The highest BCUT2D eigenvalue weighted by molar-refractivity contribution is 5.98. The monoisotopic (exact) mass is 298 g/mol. The van der Waals surface area contributed by atoms with Gasteiger partial charge in [-0.3, -0.25) is 14.4 Å². The first-order valence-corrected chi connectivity index (χ1v) is 5.86. The third-order valence-electron chi connectivity index (χ3n) is 2.55. The van der Waals surface area contributed by atoms with Crippen LogP contribution in [0.5, 0.6) is 0 Å². The summed E-state index contributed by atoms with van der Waals surface area (Å²) in [5, 5.41) is 0. The van der Waals surface area contributed by atoms with E-state index in [4.69, 9.17) is 5.73 Å². The first kappa shape index (κ1) is 16.4. The molecule has 7 nitrogen and oxygen atoms in total. The lowest BCUT2D eigenvalue weighted by Crippen LogP contribution is -2.40. The van der Waals surface area contributed by atoms with Crippen molar-refractivity contribution in [3.8, 4) is 0 Å². The molecule has 0 spiro atoms. The number of hydrogen-bond acceptors (Lipinski definition) is 6. The molecule has 0 bridgehead atoms. The Morgan fingerprint density at radius 3 is 2.05 bits per heavy atom. The molecule has 0 unspecified atom stereocenters. The van der Waals surface area contributed by atoms with Crippen molar-refractivity contribution in [1.29, 1.82) is 0 Å². The third-order valence-corrected chi connectivity index (χ3v) is 2.55. The summed E-state index contributed by atoms with van der Waals surface area (Å²) in [4.78, 5) is 35.7. The molecule has 0 aromatic heterocycles. The number of hydrogen-bond donors (Lipinski definition) is 1. The second-order valence-electron chi connectivity index (χ2n) is 4.09. The minimum atomic E-state index is -0.739. The summed E-state index contributed by atoms with van der Waals surface area (Å²) in [6.07, 6.45) is 0. The Kier molecular flexibility index (Phi) is 5.65. The number of rotatable bonds is 5. The lowest BCUT2D eigenvalue weighted by molar-refractivity contribution is -0.144. The number of nitrogens with two attached hydrogens (primary N) is 1. The minimum Gasteiger partial charge on any atom is -0.468 e. The number of anilines is 1. The molecule has 0 saturated heterocycles. The molecular weight excluding hydrogens is 283 g/mol. The van der Waals surface area contributed by atoms with Crippen molar-refractivity contribution in [3.05, 3.63) is 29.6 Å². The minimum absolute atomic E-state index is 0.0504. The molecule has 0 fully saturated rings. The molecule has 8 heteroatoms. The number of nitrogen functional groups attached to an aromatic ring is 1. The fourth-order valence-corrected chi connectivity index (χ4v) is 1.56. The summed E-state index contributed by atoms with van der Waals surface area (Å²) < 4.78 is 22.2. The molecule has 0 aliphatic carbocycles. The maximum Gasteiger partial charge on any atom is 0.325 e. The molecule has 0 saturated carbocycles. The van der Waals surface area contributed by atoms with Gasteiger partial charge in [-0.1, -0.05) is 0 Å². The number of ether oxygens (including phenoxy) is 2. The van der Waals surface area contributed by atoms with Crippen LogP contribution in [0.15, 0.2) is 18.2 Å². The lowest BCUT2D eigenvalue weighted by Gasteiger charge is -2.20. The topological polar surface area (TPSA) is 98.9 Å². The summed E-state index contributed by atoms with van der Waals surface area (Å²) in [5.74, 6) is -2.89. The van der Waals surface area contributed by atoms with Gasteiger partial charge in [0, 0.05) is 11.3 Å². The second-order valence-corrected chi connectivity index (χ2v) is 4.09. The molecular formula is C13H15FN2O5. The van der Waals surface area contributed by atoms with Gasteiger partial charge in [0.05, 0.1) is 14.2 Å². The quantitative estimate of drug-likeness (QED) is 0.615. The number of methoxy groups -OCH3 is 2. The highest BCUT2D eigenvalue weighted by Crippen LogP contribution is 2.13. The van der Waals surface area contributed by atoms with Crippen molar-refractivity contribution in [3.63, 3.8) is 0 Å². The predicted octanol–water partition coefficient (Wildman–Crippen LogP) is 0.196. The van der Waals surface area contributed by atoms with Crippen LogP contribution in [-0.2, 0) is 19.1 Å². The summed E-state index contributed by atoms with van der Waals surface area (Å²) >= 11 is 0. The zero-order valence-electron chi connectivity index (χ0n) is 11.6. The molecule has 0 aliphatic rings. The number of benzene rings is 1. The first-order chi connectivity index (χ1) is 9.87. The summed E-state index contributed by atoms with van der Waals surface area (Å²) in [6.45, 7) is -0.943. The van der Waals surface area contributed by atoms with Gasteiger partial charge in [-0.25, -0.2) is 4.39 Å². The molecule has 1 rings (SSSR count). The van der Waals surface area contributed by atoms with Gasteiger partial charge in [0.1, 0.15) is 18.9 Å². The van der Waals surface area contributed by atoms with E-state index in [2.05, 4.69) is 9.47 Å². The van der Waals surface area contributed by atoms with Gasteiger partial charge in [0.25, 0.3) is 5.91 Å². The molecule has 0 heterocycles. The number of esters is 2. The van der Waals surface area contributed by atoms with Gasteiger partial charge in [-0.05, 0) is 18.2 Å². The van der Waals surface area contributed by atoms with E-state index in [0.29, 0.717) is 0 Å². The molecule has 2 N–H and O–H groups in total. The van der Waals surface area contributed by atoms with Crippen molar-refractivity contribution >= 4 is 23.5 Å². The summed E-state index contributed by atoms with van der Waals surface area (Å²) in [7, 11) is 2.28. The van der Waals surface area contributed by atoms with Crippen molar-refractivity contribution in [1.82, 2.24) is 4.90 Å². The van der Waals surface area contributed by atoms with E-state index in [1.54, 1.807) is 0 Å². The van der Waals surface area contributed by atoms with E-state index < -0.39 is 36.8 Å². The van der Waals surface area contributed by atoms with Crippen LogP contribution in [0.1, 0.15) is 10.4 Å². The van der Waals surface area contributed by atoms with E-state index in [0.717, 1.165) is 31.3 Å². The van der Waals surface area contributed by atoms with E-state index in [-0.39, 0.29) is 11.3 Å². The average Bonchev–Trinajstić information content (AvgIpc) is 2.44. The van der Waals surface area contributed by atoms with E-state index in [9.17, 15) is 18.8 Å². The Bertz CT molecular complexity index is 523. The number of nitrogens with zero attached hydrogens (tertiary/aromatic N) is 1. The van der Waals surface area contributed by atoms with Gasteiger partial charge in [-0.2, -0.15) is 0 Å². The Morgan fingerprint density at radius 1 is 1.10 bits per heavy atom. The van der Waals surface area contributed by atoms with Gasteiger partial charge in [0.15, 0.2) is 0 Å². The van der Waals surface area contributed by atoms with Crippen molar-refractivity contribution in [2.75, 3.05) is 33.0 Å². The van der Waals surface area contributed by atoms with Gasteiger partial charge in [-0.15, -0.1) is 0 Å². The summed E-state index contributed by atoms with van der Waals surface area (Å²) in [5.41, 5.74) is 5.43. The highest BCUT2D eigenvalue weighted by Gasteiger charge is 2.23. The number of carbonyl (C=O) groups excluding carboxylic acids is 3. The average molecular weight is 298 g/mol. The molecule has 114 valence electrons. The number of amides is 1. The second kappa shape index (κ2) is 7.22. The van der Waals surface area contributed by atoms with E-state index in [1.165, 1.54) is 6.07 Å². The standard InChI is InChI=1S/C13H15FN2O5/c1-20-11(17)6-16(7-12(18)21-2)13(19)8-3-9(14)5-10(15)4-8/h3-5H,6-7,15H2,1-2H3. The first-order valence-electron chi connectivity index (χ1n) is 5.86. The Balaban J connectivity index is 3.02. The zero-order chi connectivity index (χ0) is 16.0. The maximum absolute atomic E-state index is 13.3. The fourth-order valence-electron chi connectivity index (χ4n) is 1.56. The molecule has 21 heavy (non-hydrogen) atoms. The normalized spacial score (nSPS) is 9.86. The van der Waals surface area contributed by atoms with Gasteiger partial charge < -0.3 is 20.1 Å². The van der Waals surface area contributed by atoms with Crippen LogP contribution in [0.3, 0.4) is 0 Å². The van der Waals surface area contributed by atoms with Crippen LogP contribution >= 0.6 is 0 Å². The largest absolute Gasteiger partial charge is 0.468 e. The van der Waals surface area contributed by atoms with Crippen LogP contribution in [0.4, 0.5) is 10.1 Å². The molecule has 0 aliphatic heterocycles. The van der Waals surface area contributed by atoms with Gasteiger partial charge >= 0.3 is 11.9 Å². The Hall–Kier alpha value is -2.64.